The lowest BCUT2D eigenvalue weighted by Gasteiger charge is -2.15. The highest BCUT2D eigenvalue weighted by atomic mass is 19.1. The van der Waals surface area contributed by atoms with Gasteiger partial charge in [0.25, 0.3) is 5.91 Å². The molecule has 0 radical (unpaired) electrons. The molecule has 10 heteroatoms. The molecule has 0 aliphatic heterocycles. The van der Waals surface area contributed by atoms with Crippen LogP contribution in [-0.2, 0) is 20.9 Å². The van der Waals surface area contributed by atoms with E-state index in [4.69, 9.17) is 13.9 Å². The van der Waals surface area contributed by atoms with Crippen molar-refractivity contribution in [2.45, 2.75) is 26.5 Å². The number of rotatable bonds is 8. The van der Waals surface area contributed by atoms with E-state index in [-0.39, 0.29) is 5.89 Å². The minimum atomic E-state index is -1.14. The van der Waals surface area contributed by atoms with Crippen LogP contribution in [0.5, 0.6) is 5.75 Å². The van der Waals surface area contributed by atoms with Crippen molar-refractivity contribution in [3.63, 3.8) is 0 Å². The number of ether oxygens (including phenoxy) is 2. The first-order valence-electron chi connectivity index (χ1n) is 9.43. The molecule has 3 rings (SSSR count). The van der Waals surface area contributed by atoms with Gasteiger partial charge in [0, 0.05) is 5.56 Å². The van der Waals surface area contributed by atoms with Gasteiger partial charge in [-0.25, -0.2) is 9.18 Å². The zero-order valence-corrected chi connectivity index (χ0v) is 16.8. The quantitative estimate of drug-likeness (QED) is 0.548. The van der Waals surface area contributed by atoms with Gasteiger partial charge in [0.1, 0.15) is 18.1 Å². The number of nitrogens with zero attached hydrogens (tertiary/aromatic N) is 2. The van der Waals surface area contributed by atoms with E-state index in [0.717, 1.165) is 4.68 Å². The number of anilines is 1. The number of amides is 1. The fourth-order valence-electron chi connectivity index (χ4n) is 2.61. The van der Waals surface area contributed by atoms with Crippen LogP contribution >= 0.6 is 0 Å². The van der Waals surface area contributed by atoms with Crippen LogP contribution in [0.25, 0.3) is 11.5 Å². The Balaban J connectivity index is 1.61. The molecule has 3 aromatic rings. The maximum Gasteiger partial charge on any atom is 0.437 e. The number of halogens is 1. The van der Waals surface area contributed by atoms with Crippen molar-refractivity contribution >= 4 is 17.6 Å². The van der Waals surface area contributed by atoms with Crippen LogP contribution < -0.4 is 15.8 Å². The Morgan fingerprint density at radius 2 is 1.90 bits per heavy atom. The summed E-state index contributed by atoms with van der Waals surface area (Å²) < 4.78 is 29.3. The molecule has 0 aliphatic carbocycles. The molecule has 0 bridgehead atoms. The molecule has 1 atom stereocenters. The van der Waals surface area contributed by atoms with Gasteiger partial charge in [-0.2, -0.15) is 4.68 Å². The van der Waals surface area contributed by atoms with E-state index >= 15 is 0 Å². The molecule has 0 fully saturated rings. The molecule has 9 nitrogen and oxygen atoms in total. The van der Waals surface area contributed by atoms with Crippen LogP contribution in [-0.4, -0.2) is 34.4 Å². The zero-order chi connectivity index (χ0) is 22.4. The molecule has 0 saturated carbocycles. The van der Waals surface area contributed by atoms with Crippen molar-refractivity contribution in [2.75, 3.05) is 11.9 Å². The SMILES string of the molecule is CCOc1ccccc1NC(=O)C(C)OC(=O)Cn1nc(-c2ccc(F)cc2)oc1=O. The van der Waals surface area contributed by atoms with Crippen molar-refractivity contribution in [1.82, 2.24) is 9.78 Å². The third-order valence-corrected chi connectivity index (χ3v) is 4.10. The third-order valence-electron chi connectivity index (χ3n) is 4.10. The minimum Gasteiger partial charge on any atom is -0.492 e. The average Bonchev–Trinajstić information content (AvgIpc) is 3.10. The van der Waals surface area contributed by atoms with E-state index in [1.54, 1.807) is 24.3 Å². The van der Waals surface area contributed by atoms with E-state index in [1.807, 2.05) is 6.92 Å². The topological polar surface area (TPSA) is 113 Å². The molecular formula is C21H20FN3O6. The monoisotopic (exact) mass is 429 g/mol. The second kappa shape index (κ2) is 9.70. The maximum absolute atomic E-state index is 13.0. The molecular weight excluding hydrogens is 409 g/mol. The highest BCUT2D eigenvalue weighted by Gasteiger charge is 2.21. The molecule has 0 saturated heterocycles. The Morgan fingerprint density at radius 1 is 1.19 bits per heavy atom. The van der Waals surface area contributed by atoms with Gasteiger partial charge in [0.05, 0.1) is 12.3 Å². The number of nitrogens with one attached hydrogen (secondary N) is 1. The van der Waals surface area contributed by atoms with Crippen LogP contribution in [0.15, 0.2) is 57.7 Å². The standard InChI is InChI=1S/C21H20FN3O6/c1-3-29-17-7-5-4-6-16(17)23-19(27)13(2)30-18(26)12-25-21(28)31-20(24-25)14-8-10-15(22)11-9-14/h4-11,13H,3,12H2,1-2H3,(H,23,27). The lowest BCUT2D eigenvalue weighted by Crippen LogP contribution is -2.32. The van der Waals surface area contributed by atoms with Crippen molar-refractivity contribution in [3.05, 3.63) is 64.9 Å². The third kappa shape index (κ3) is 5.56. The molecule has 0 aliphatic rings. The fraction of sp³-hybridized carbons (Fsp3) is 0.238. The van der Waals surface area contributed by atoms with Crippen molar-refractivity contribution in [2.24, 2.45) is 0 Å². The molecule has 31 heavy (non-hydrogen) atoms. The van der Waals surface area contributed by atoms with Crippen molar-refractivity contribution in [3.8, 4) is 17.2 Å². The van der Waals surface area contributed by atoms with E-state index in [1.165, 1.54) is 31.2 Å². The first-order valence-corrected chi connectivity index (χ1v) is 9.43. The summed E-state index contributed by atoms with van der Waals surface area (Å²) in [6.07, 6.45) is -1.14. The Labute approximate surface area is 176 Å². The van der Waals surface area contributed by atoms with Crippen molar-refractivity contribution < 1.29 is 27.9 Å². The van der Waals surface area contributed by atoms with Gasteiger partial charge < -0.3 is 19.2 Å². The van der Waals surface area contributed by atoms with Gasteiger partial charge in [-0.15, -0.1) is 5.10 Å². The summed E-state index contributed by atoms with van der Waals surface area (Å²) in [5.41, 5.74) is 0.806. The van der Waals surface area contributed by atoms with Crippen LogP contribution in [0.4, 0.5) is 10.1 Å². The van der Waals surface area contributed by atoms with Gasteiger partial charge in [-0.3, -0.25) is 9.59 Å². The summed E-state index contributed by atoms with van der Waals surface area (Å²) in [5, 5.41) is 6.53. The second-order valence-corrected chi connectivity index (χ2v) is 6.39. The number of carbonyl (C=O) groups is 2. The number of aromatic nitrogens is 2. The van der Waals surface area contributed by atoms with Crippen molar-refractivity contribution in [1.29, 1.82) is 0 Å². The highest BCUT2D eigenvalue weighted by molar-refractivity contribution is 5.96. The largest absolute Gasteiger partial charge is 0.492 e. The summed E-state index contributed by atoms with van der Waals surface area (Å²) >= 11 is 0. The Hall–Kier alpha value is -3.95. The summed E-state index contributed by atoms with van der Waals surface area (Å²) in [7, 11) is 0. The Morgan fingerprint density at radius 3 is 2.61 bits per heavy atom. The summed E-state index contributed by atoms with van der Waals surface area (Å²) in [4.78, 5) is 36.5. The minimum absolute atomic E-state index is 0.0730. The van der Waals surface area contributed by atoms with Gasteiger partial charge in [0.15, 0.2) is 6.10 Å². The highest BCUT2D eigenvalue weighted by Crippen LogP contribution is 2.24. The van der Waals surface area contributed by atoms with Gasteiger partial charge in [-0.05, 0) is 50.2 Å². The molecule has 1 aromatic heterocycles. The molecule has 0 spiro atoms. The summed E-state index contributed by atoms with van der Waals surface area (Å²) in [5.74, 6) is -2.36. The smallest absolute Gasteiger partial charge is 0.437 e. The van der Waals surface area contributed by atoms with E-state index in [2.05, 4.69) is 10.4 Å². The van der Waals surface area contributed by atoms with Gasteiger partial charge >= 0.3 is 11.7 Å². The summed E-state index contributed by atoms with van der Waals surface area (Å²) in [6, 6.07) is 12.0. The number of para-hydroxylation sites is 2. The zero-order valence-electron chi connectivity index (χ0n) is 16.8. The fourth-order valence-corrected chi connectivity index (χ4v) is 2.61. The average molecular weight is 429 g/mol. The number of benzene rings is 2. The molecule has 1 amide bonds. The van der Waals surface area contributed by atoms with E-state index in [0.29, 0.717) is 23.6 Å². The first-order chi connectivity index (χ1) is 14.9. The van der Waals surface area contributed by atoms with Crippen LogP contribution in [0.3, 0.4) is 0 Å². The normalized spacial score (nSPS) is 11.6. The predicted octanol–water partition coefficient (Wildman–Crippen LogP) is 2.61. The van der Waals surface area contributed by atoms with E-state index in [9.17, 15) is 18.8 Å². The molecule has 1 N–H and O–H groups in total. The Bertz CT molecular complexity index is 1120. The Kier molecular flexibility index (Phi) is 6.81. The summed E-state index contributed by atoms with van der Waals surface area (Å²) in [6.45, 7) is 3.07. The van der Waals surface area contributed by atoms with E-state index < -0.39 is 36.1 Å². The van der Waals surface area contributed by atoms with Crippen LogP contribution in [0.2, 0.25) is 0 Å². The molecule has 2 aromatic carbocycles. The molecule has 1 heterocycles. The number of esters is 1. The first kappa shape index (κ1) is 21.8. The lowest BCUT2D eigenvalue weighted by molar-refractivity contribution is -0.154. The number of hydrogen-bond donors (Lipinski definition) is 1. The molecule has 162 valence electrons. The van der Waals surface area contributed by atoms with Gasteiger partial charge in [-0.1, -0.05) is 12.1 Å². The lowest BCUT2D eigenvalue weighted by atomic mass is 10.2. The predicted molar refractivity (Wildman–Crippen MR) is 108 cm³/mol. The number of hydrogen-bond acceptors (Lipinski definition) is 7. The number of carbonyl (C=O) groups excluding carboxylic acids is 2. The molecule has 1 unspecified atom stereocenters. The van der Waals surface area contributed by atoms with Crippen LogP contribution in [0, 0.1) is 5.82 Å². The maximum atomic E-state index is 13.0. The van der Waals surface area contributed by atoms with Crippen LogP contribution in [0.1, 0.15) is 13.8 Å². The van der Waals surface area contributed by atoms with Gasteiger partial charge in [0.2, 0.25) is 5.89 Å². The second-order valence-electron chi connectivity index (χ2n) is 6.39.